The van der Waals surface area contributed by atoms with Gasteiger partial charge < -0.3 is 4.43 Å². The normalized spacial score (nSPS) is 12.8. The molecule has 0 fully saturated rings. The Kier molecular flexibility index (Phi) is 6.94. The summed E-state index contributed by atoms with van der Waals surface area (Å²) in [5, 5.41) is 0. The van der Waals surface area contributed by atoms with Crippen LogP contribution in [0.25, 0.3) is 0 Å². The van der Waals surface area contributed by atoms with Crippen molar-refractivity contribution in [3.63, 3.8) is 0 Å². The third kappa shape index (κ3) is 4.65. The maximum Gasteiger partial charge on any atom is 0.193 e. The molecule has 0 bridgehead atoms. The lowest BCUT2D eigenvalue weighted by molar-refractivity contribution is -0.125. The molecule has 3 heteroatoms. The van der Waals surface area contributed by atoms with Gasteiger partial charge in [-0.3, -0.25) is 4.79 Å². The number of carbonyl (C=O) groups is 1. The smallest absolute Gasteiger partial charge is 0.193 e. The third-order valence-electron chi connectivity index (χ3n) is 4.92. The Balaban J connectivity index is 2.27. The zero-order valence-corrected chi connectivity index (χ0v) is 16.0. The largest absolute Gasteiger partial charge is 0.403 e. The highest BCUT2D eigenvalue weighted by Gasteiger charge is 2.35. The molecule has 2 rings (SSSR count). The summed E-state index contributed by atoms with van der Waals surface area (Å²) in [4.78, 5) is 13.0. The van der Waals surface area contributed by atoms with E-state index in [2.05, 4.69) is 20.8 Å². The first kappa shape index (κ1) is 18.6. The maximum absolute atomic E-state index is 13.0. The van der Waals surface area contributed by atoms with Crippen LogP contribution in [0.1, 0.15) is 38.0 Å². The van der Waals surface area contributed by atoms with Crippen LogP contribution >= 0.6 is 0 Å². The lowest BCUT2D eigenvalue weighted by Gasteiger charge is -2.33. The number of benzene rings is 2. The highest BCUT2D eigenvalue weighted by molar-refractivity contribution is 6.73. The summed E-state index contributed by atoms with van der Waals surface area (Å²) in [6, 6.07) is 23.0. The molecule has 0 spiro atoms. The molecule has 2 aromatic rings. The predicted octanol–water partition coefficient (Wildman–Crippen LogP) is 5.56. The Labute approximate surface area is 147 Å². The molecule has 0 aliphatic heterocycles. The average Bonchev–Trinajstić information content (AvgIpc) is 2.65. The van der Waals surface area contributed by atoms with Gasteiger partial charge in [0, 0.05) is 6.42 Å². The summed E-state index contributed by atoms with van der Waals surface area (Å²) in [5.41, 5.74) is 2.02. The quantitative estimate of drug-likeness (QED) is 0.558. The molecule has 0 heterocycles. The molecule has 0 saturated carbocycles. The standard InChI is InChI=1S/C21H28O2Si/c1-4-24(5-2,6-3)23-21(19-15-11-8-12-16-19)20(22)17-18-13-9-7-10-14-18/h7-16,21H,4-6,17H2,1-3H3. The summed E-state index contributed by atoms with van der Waals surface area (Å²) in [6.07, 6.45) is -0.0277. The second-order valence-electron chi connectivity index (χ2n) is 6.28. The van der Waals surface area contributed by atoms with Crippen LogP contribution in [0.15, 0.2) is 60.7 Å². The number of Topliss-reactive ketones (excluding diaryl/α,β-unsaturated/α-hetero) is 1. The molecule has 2 aromatic carbocycles. The molecule has 0 radical (unpaired) electrons. The number of rotatable bonds is 9. The SMILES string of the molecule is CC[Si](CC)(CC)OC(C(=O)Cc1ccccc1)c1ccccc1. The molecule has 24 heavy (non-hydrogen) atoms. The number of hydrogen-bond acceptors (Lipinski definition) is 2. The Morgan fingerprint density at radius 2 is 1.38 bits per heavy atom. The lowest BCUT2D eigenvalue weighted by atomic mass is 10.0. The van der Waals surface area contributed by atoms with Crippen LogP contribution in [0.3, 0.4) is 0 Å². The van der Waals surface area contributed by atoms with Crippen molar-refractivity contribution in [1.29, 1.82) is 0 Å². The number of carbonyl (C=O) groups excluding carboxylic acids is 1. The Morgan fingerprint density at radius 3 is 1.88 bits per heavy atom. The van der Waals surface area contributed by atoms with Crippen molar-refractivity contribution in [2.75, 3.05) is 0 Å². The van der Waals surface area contributed by atoms with Gasteiger partial charge in [0.25, 0.3) is 0 Å². The van der Waals surface area contributed by atoms with E-state index in [9.17, 15) is 4.79 Å². The van der Waals surface area contributed by atoms with Crippen LogP contribution in [-0.4, -0.2) is 14.1 Å². The topological polar surface area (TPSA) is 26.3 Å². The van der Waals surface area contributed by atoms with E-state index in [0.717, 1.165) is 29.3 Å². The molecular weight excluding hydrogens is 312 g/mol. The van der Waals surface area contributed by atoms with Crippen molar-refractivity contribution in [2.45, 2.75) is 51.4 Å². The molecule has 0 aromatic heterocycles. The highest BCUT2D eigenvalue weighted by atomic mass is 28.4. The fourth-order valence-electron chi connectivity index (χ4n) is 3.09. The highest BCUT2D eigenvalue weighted by Crippen LogP contribution is 2.31. The number of hydrogen-bond donors (Lipinski definition) is 0. The molecule has 128 valence electrons. The van der Waals surface area contributed by atoms with Gasteiger partial charge in [-0.2, -0.15) is 0 Å². The molecule has 0 saturated heterocycles. The molecule has 2 nitrogen and oxygen atoms in total. The summed E-state index contributed by atoms with van der Waals surface area (Å²) in [5.74, 6) is 0.152. The van der Waals surface area contributed by atoms with Gasteiger partial charge in [-0.25, -0.2) is 0 Å². The minimum Gasteiger partial charge on any atom is -0.403 e. The van der Waals surface area contributed by atoms with Crippen molar-refractivity contribution in [1.82, 2.24) is 0 Å². The molecule has 1 unspecified atom stereocenters. The minimum atomic E-state index is -1.86. The predicted molar refractivity (Wildman–Crippen MR) is 103 cm³/mol. The molecular formula is C21H28O2Si. The van der Waals surface area contributed by atoms with Gasteiger partial charge in [0.1, 0.15) is 6.10 Å². The van der Waals surface area contributed by atoms with E-state index in [-0.39, 0.29) is 5.78 Å². The summed E-state index contributed by atoms with van der Waals surface area (Å²) >= 11 is 0. The minimum absolute atomic E-state index is 0.152. The second kappa shape index (κ2) is 8.95. The first-order valence-electron chi connectivity index (χ1n) is 8.93. The van der Waals surface area contributed by atoms with Gasteiger partial charge in [-0.05, 0) is 29.3 Å². The fourth-order valence-corrected chi connectivity index (χ4v) is 5.85. The van der Waals surface area contributed by atoms with Crippen LogP contribution in [0, 0.1) is 0 Å². The van der Waals surface area contributed by atoms with Crippen LogP contribution in [-0.2, 0) is 15.6 Å². The molecule has 1 atom stereocenters. The summed E-state index contributed by atoms with van der Waals surface area (Å²) in [7, 11) is -1.86. The zero-order valence-electron chi connectivity index (χ0n) is 15.0. The first-order chi connectivity index (χ1) is 11.6. The van der Waals surface area contributed by atoms with Crippen molar-refractivity contribution in [3.05, 3.63) is 71.8 Å². The van der Waals surface area contributed by atoms with Gasteiger partial charge >= 0.3 is 0 Å². The van der Waals surface area contributed by atoms with E-state index in [1.165, 1.54) is 0 Å². The van der Waals surface area contributed by atoms with Crippen LogP contribution in [0.4, 0.5) is 0 Å². The van der Waals surface area contributed by atoms with Crippen molar-refractivity contribution in [2.24, 2.45) is 0 Å². The van der Waals surface area contributed by atoms with Gasteiger partial charge in [0.05, 0.1) is 0 Å². The monoisotopic (exact) mass is 340 g/mol. The Bertz CT molecular complexity index is 613. The average molecular weight is 341 g/mol. The van der Waals surface area contributed by atoms with Gasteiger partial charge in [0.15, 0.2) is 14.1 Å². The van der Waals surface area contributed by atoms with Crippen molar-refractivity contribution in [3.8, 4) is 0 Å². The van der Waals surface area contributed by atoms with E-state index in [1.807, 2.05) is 60.7 Å². The zero-order chi connectivity index (χ0) is 17.4. The van der Waals surface area contributed by atoms with Crippen LogP contribution in [0.5, 0.6) is 0 Å². The van der Waals surface area contributed by atoms with E-state index >= 15 is 0 Å². The fraction of sp³-hybridized carbons (Fsp3) is 0.381. The molecule has 0 aliphatic rings. The summed E-state index contributed by atoms with van der Waals surface area (Å²) in [6.45, 7) is 6.59. The van der Waals surface area contributed by atoms with Crippen molar-refractivity contribution >= 4 is 14.1 Å². The van der Waals surface area contributed by atoms with Crippen molar-refractivity contribution < 1.29 is 9.22 Å². The third-order valence-corrected chi connectivity index (χ3v) is 9.52. The first-order valence-corrected chi connectivity index (χ1v) is 11.5. The molecule has 0 amide bonds. The Hall–Kier alpha value is -1.71. The van der Waals surface area contributed by atoms with E-state index in [1.54, 1.807) is 0 Å². The molecule has 0 aliphatic carbocycles. The second-order valence-corrected chi connectivity index (χ2v) is 11.0. The Morgan fingerprint density at radius 1 is 0.875 bits per heavy atom. The molecule has 0 N–H and O–H groups in total. The van der Waals surface area contributed by atoms with E-state index < -0.39 is 14.4 Å². The van der Waals surface area contributed by atoms with E-state index in [0.29, 0.717) is 6.42 Å². The van der Waals surface area contributed by atoms with Gasteiger partial charge in [-0.1, -0.05) is 81.4 Å². The summed E-state index contributed by atoms with van der Waals surface area (Å²) < 4.78 is 6.60. The van der Waals surface area contributed by atoms with Crippen LogP contribution in [0.2, 0.25) is 18.1 Å². The number of ketones is 1. The maximum atomic E-state index is 13.0. The van der Waals surface area contributed by atoms with Crippen LogP contribution < -0.4 is 0 Å². The lowest BCUT2D eigenvalue weighted by Crippen LogP contribution is -2.39. The van der Waals surface area contributed by atoms with E-state index in [4.69, 9.17) is 4.43 Å². The van der Waals surface area contributed by atoms with Gasteiger partial charge in [-0.15, -0.1) is 0 Å². The van der Waals surface area contributed by atoms with Gasteiger partial charge in [0.2, 0.25) is 0 Å².